The van der Waals surface area contributed by atoms with Crippen LogP contribution in [-0.4, -0.2) is 24.4 Å². The topological polar surface area (TPSA) is 84.2 Å². The fourth-order valence-electron chi connectivity index (χ4n) is 1.71. The zero-order valence-electron chi connectivity index (χ0n) is 11.4. The Hall–Kier alpha value is -2.04. The average Bonchev–Trinajstić information content (AvgIpc) is 2.43. The predicted octanol–water partition coefficient (Wildman–Crippen LogP) is 1.50. The van der Waals surface area contributed by atoms with Crippen molar-refractivity contribution in [2.24, 2.45) is 5.73 Å². The van der Waals surface area contributed by atoms with Gasteiger partial charge in [-0.05, 0) is 37.1 Å². The Morgan fingerprint density at radius 1 is 1.16 bits per heavy atom. The SMILES string of the molecule is CCC(CC)NC(=O)CNc1ccc(C(N)=O)cc1. The molecule has 0 spiro atoms. The number of benzene rings is 1. The normalized spacial score (nSPS) is 10.3. The number of nitrogens with one attached hydrogen (secondary N) is 2. The van der Waals surface area contributed by atoms with Crippen molar-refractivity contribution >= 4 is 17.5 Å². The zero-order valence-corrected chi connectivity index (χ0v) is 11.4. The molecular weight excluding hydrogens is 242 g/mol. The van der Waals surface area contributed by atoms with Gasteiger partial charge in [0.1, 0.15) is 0 Å². The van der Waals surface area contributed by atoms with Crippen LogP contribution >= 0.6 is 0 Å². The van der Waals surface area contributed by atoms with Gasteiger partial charge in [-0.2, -0.15) is 0 Å². The highest BCUT2D eigenvalue weighted by Crippen LogP contribution is 2.08. The molecule has 0 saturated carbocycles. The van der Waals surface area contributed by atoms with Gasteiger partial charge in [-0.25, -0.2) is 0 Å². The van der Waals surface area contributed by atoms with Crippen LogP contribution in [0.1, 0.15) is 37.0 Å². The van der Waals surface area contributed by atoms with E-state index in [4.69, 9.17) is 5.73 Å². The van der Waals surface area contributed by atoms with E-state index in [2.05, 4.69) is 10.6 Å². The number of carbonyl (C=O) groups is 2. The van der Waals surface area contributed by atoms with E-state index in [0.29, 0.717) is 5.56 Å². The summed E-state index contributed by atoms with van der Waals surface area (Å²) >= 11 is 0. The Bertz CT molecular complexity index is 425. The fraction of sp³-hybridized carbons (Fsp3) is 0.429. The van der Waals surface area contributed by atoms with Crippen molar-refractivity contribution in [3.05, 3.63) is 29.8 Å². The third-order valence-corrected chi connectivity index (χ3v) is 2.97. The molecular formula is C14H21N3O2. The number of amides is 2. The van der Waals surface area contributed by atoms with Gasteiger partial charge in [0.05, 0.1) is 6.54 Å². The van der Waals surface area contributed by atoms with Crippen LogP contribution in [0.2, 0.25) is 0 Å². The Balaban J connectivity index is 2.43. The van der Waals surface area contributed by atoms with Crippen molar-refractivity contribution in [3.63, 3.8) is 0 Å². The Kier molecular flexibility index (Phi) is 5.85. The summed E-state index contributed by atoms with van der Waals surface area (Å²) in [5.74, 6) is -0.495. The first-order chi connectivity index (χ1) is 9.06. The molecule has 1 rings (SSSR count). The monoisotopic (exact) mass is 263 g/mol. The van der Waals surface area contributed by atoms with E-state index in [-0.39, 0.29) is 18.5 Å². The van der Waals surface area contributed by atoms with E-state index < -0.39 is 5.91 Å². The van der Waals surface area contributed by atoms with Crippen molar-refractivity contribution in [3.8, 4) is 0 Å². The first kappa shape index (κ1) is 15.0. The van der Waals surface area contributed by atoms with E-state index in [0.717, 1.165) is 18.5 Å². The van der Waals surface area contributed by atoms with Crippen LogP contribution in [0.4, 0.5) is 5.69 Å². The summed E-state index contributed by atoms with van der Waals surface area (Å²) in [5, 5.41) is 5.94. The molecule has 1 aromatic carbocycles. The number of hydrogen-bond acceptors (Lipinski definition) is 3. The summed E-state index contributed by atoms with van der Waals surface area (Å²) in [4.78, 5) is 22.6. The molecule has 0 aliphatic carbocycles. The molecule has 0 aliphatic heterocycles. The van der Waals surface area contributed by atoms with E-state index in [1.54, 1.807) is 24.3 Å². The van der Waals surface area contributed by atoms with E-state index >= 15 is 0 Å². The molecule has 0 aliphatic rings. The minimum absolute atomic E-state index is 0.0346. The summed E-state index contributed by atoms with van der Waals surface area (Å²) in [6, 6.07) is 6.94. The number of anilines is 1. The van der Waals surface area contributed by atoms with Crippen molar-refractivity contribution < 1.29 is 9.59 Å². The second-order valence-electron chi connectivity index (χ2n) is 4.38. The standard InChI is InChI=1S/C14H21N3O2/c1-3-11(4-2)17-13(18)9-16-12-7-5-10(6-8-12)14(15)19/h5-8,11,16H,3-4,9H2,1-2H3,(H2,15,19)(H,17,18). The van der Waals surface area contributed by atoms with E-state index in [1.165, 1.54) is 0 Å². The number of primary amides is 1. The van der Waals surface area contributed by atoms with Gasteiger partial charge >= 0.3 is 0 Å². The molecule has 0 bridgehead atoms. The lowest BCUT2D eigenvalue weighted by Crippen LogP contribution is -2.37. The molecule has 1 aromatic rings. The van der Waals surface area contributed by atoms with Crippen LogP contribution in [0, 0.1) is 0 Å². The molecule has 0 aromatic heterocycles. The minimum Gasteiger partial charge on any atom is -0.376 e. The Morgan fingerprint density at radius 3 is 2.21 bits per heavy atom. The largest absolute Gasteiger partial charge is 0.376 e. The maximum absolute atomic E-state index is 11.7. The van der Waals surface area contributed by atoms with Crippen molar-refractivity contribution in [2.75, 3.05) is 11.9 Å². The molecule has 5 nitrogen and oxygen atoms in total. The molecule has 0 unspecified atom stereocenters. The van der Waals surface area contributed by atoms with Crippen LogP contribution in [0.3, 0.4) is 0 Å². The van der Waals surface area contributed by atoms with Crippen LogP contribution in [0.25, 0.3) is 0 Å². The third kappa shape index (κ3) is 4.99. The zero-order chi connectivity index (χ0) is 14.3. The summed E-state index contributed by atoms with van der Waals surface area (Å²) in [7, 11) is 0. The van der Waals surface area contributed by atoms with Gasteiger partial charge in [0.15, 0.2) is 0 Å². The Morgan fingerprint density at radius 2 is 1.74 bits per heavy atom. The molecule has 19 heavy (non-hydrogen) atoms. The summed E-state index contributed by atoms with van der Waals surface area (Å²) in [6.45, 7) is 4.31. The molecule has 0 saturated heterocycles. The van der Waals surface area contributed by atoms with Crippen LogP contribution < -0.4 is 16.4 Å². The smallest absolute Gasteiger partial charge is 0.248 e. The molecule has 2 amide bonds. The molecule has 4 N–H and O–H groups in total. The van der Waals surface area contributed by atoms with Crippen molar-refractivity contribution in [2.45, 2.75) is 32.7 Å². The van der Waals surface area contributed by atoms with Crippen molar-refractivity contribution in [1.82, 2.24) is 5.32 Å². The quantitative estimate of drug-likeness (QED) is 0.697. The molecule has 0 fully saturated rings. The summed E-state index contributed by atoms with van der Waals surface area (Å²) in [6.07, 6.45) is 1.85. The van der Waals surface area contributed by atoms with E-state index in [9.17, 15) is 9.59 Å². The molecule has 104 valence electrons. The lowest BCUT2D eigenvalue weighted by atomic mass is 10.2. The number of rotatable bonds is 7. The highest BCUT2D eigenvalue weighted by molar-refractivity contribution is 5.93. The minimum atomic E-state index is -0.460. The van der Waals surface area contributed by atoms with Gasteiger partial charge in [-0.15, -0.1) is 0 Å². The maximum Gasteiger partial charge on any atom is 0.248 e. The molecule has 0 radical (unpaired) electrons. The van der Waals surface area contributed by atoms with Gasteiger partial charge in [-0.1, -0.05) is 13.8 Å². The second kappa shape index (κ2) is 7.41. The number of carbonyl (C=O) groups excluding carboxylic acids is 2. The van der Waals surface area contributed by atoms with Gasteiger partial charge in [0.25, 0.3) is 0 Å². The first-order valence-electron chi connectivity index (χ1n) is 6.49. The van der Waals surface area contributed by atoms with Gasteiger partial charge in [0, 0.05) is 17.3 Å². The van der Waals surface area contributed by atoms with E-state index in [1.807, 2.05) is 13.8 Å². The molecule has 5 heteroatoms. The van der Waals surface area contributed by atoms with Gasteiger partial charge in [-0.3, -0.25) is 9.59 Å². The van der Waals surface area contributed by atoms with Crippen molar-refractivity contribution in [1.29, 1.82) is 0 Å². The Labute approximate surface area is 113 Å². The van der Waals surface area contributed by atoms with Crippen LogP contribution in [0.15, 0.2) is 24.3 Å². The molecule has 0 atom stereocenters. The summed E-state index contributed by atoms with van der Waals surface area (Å²) < 4.78 is 0. The summed E-state index contributed by atoms with van der Waals surface area (Å²) in [5.41, 5.74) is 6.38. The predicted molar refractivity (Wildman–Crippen MR) is 76.0 cm³/mol. The molecule has 0 heterocycles. The number of nitrogens with two attached hydrogens (primary N) is 1. The second-order valence-corrected chi connectivity index (χ2v) is 4.38. The lowest BCUT2D eigenvalue weighted by molar-refractivity contribution is -0.120. The van der Waals surface area contributed by atoms with Crippen LogP contribution in [-0.2, 0) is 4.79 Å². The lowest BCUT2D eigenvalue weighted by Gasteiger charge is -2.15. The first-order valence-corrected chi connectivity index (χ1v) is 6.49. The van der Waals surface area contributed by atoms with Gasteiger partial charge < -0.3 is 16.4 Å². The average molecular weight is 263 g/mol. The fourth-order valence-corrected chi connectivity index (χ4v) is 1.71. The number of hydrogen-bond donors (Lipinski definition) is 3. The van der Waals surface area contributed by atoms with Crippen LogP contribution in [0.5, 0.6) is 0 Å². The van der Waals surface area contributed by atoms with Gasteiger partial charge in [0.2, 0.25) is 11.8 Å². The highest BCUT2D eigenvalue weighted by atomic mass is 16.2. The third-order valence-electron chi connectivity index (χ3n) is 2.97. The highest BCUT2D eigenvalue weighted by Gasteiger charge is 2.07. The maximum atomic E-state index is 11.7.